The van der Waals surface area contributed by atoms with Crippen molar-refractivity contribution in [2.75, 3.05) is 19.6 Å². The fourth-order valence-corrected chi connectivity index (χ4v) is 5.71. The Hall–Kier alpha value is -0.920. The highest BCUT2D eigenvalue weighted by atomic mass is 35.5. The van der Waals surface area contributed by atoms with Gasteiger partial charge in [-0.2, -0.15) is 11.3 Å². The molecule has 3 rings (SSSR count). The molecule has 4 nitrogen and oxygen atoms in total. The summed E-state index contributed by atoms with van der Waals surface area (Å²) in [6, 6.07) is 7.13. The van der Waals surface area contributed by atoms with E-state index in [2.05, 4.69) is 26.4 Å². The zero-order chi connectivity index (χ0) is 18.6. The van der Waals surface area contributed by atoms with Crippen LogP contribution in [-0.4, -0.2) is 33.0 Å². The fourth-order valence-electron chi connectivity index (χ4n) is 3.46. The van der Waals surface area contributed by atoms with Crippen LogP contribution in [0.15, 0.2) is 39.9 Å². The van der Waals surface area contributed by atoms with Gasteiger partial charge in [-0.15, -0.1) is 0 Å². The Morgan fingerprint density at radius 2 is 1.92 bits per heavy atom. The van der Waals surface area contributed by atoms with Gasteiger partial charge in [0.15, 0.2) is 0 Å². The van der Waals surface area contributed by atoms with Crippen LogP contribution in [0.2, 0.25) is 5.02 Å². The first-order chi connectivity index (χ1) is 12.5. The van der Waals surface area contributed by atoms with Gasteiger partial charge in [0.2, 0.25) is 10.0 Å². The molecule has 0 aliphatic carbocycles. The first-order valence-corrected chi connectivity index (χ1v) is 11.8. The van der Waals surface area contributed by atoms with E-state index in [0.717, 1.165) is 13.1 Å². The van der Waals surface area contributed by atoms with E-state index in [1.54, 1.807) is 30.4 Å². The summed E-state index contributed by atoms with van der Waals surface area (Å²) in [5, 5.41) is 4.60. The number of hydrogen-bond acceptors (Lipinski definition) is 4. The van der Waals surface area contributed by atoms with E-state index in [-0.39, 0.29) is 10.9 Å². The second-order valence-corrected chi connectivity index (χ2v) is 9.74. The second-order valence-electron chi connectivity index (χ2n) is 6.78. The van der Waals surface area contributed by atoms with Crippen molar-refractivity contribution in [2.24, 2.45) is 0 Å². The monoisotopic (exact) mass is 412 g/mol. The summed E-state index contributed by atoms with van der Waals surface area (Å²) in [6.45, 7) is 4.18. The fraction of sp³-hybridized carbons (Fsp3) is 0.474. The predicted molar refractivity (Wildman–Crippen MR) is 108 cm³/mol. The molecule has 142 valence electrons. The average molecular weight is 413 g/mol. The Morgan fingerprint density at radius 3 is 2.58 bits per heavy atom. The molecule has 0 radical (unpaired) electrons. The third-order valence-corrected chi connectivity index (χ3v) is 7.42. The van der Waals surface area contributed by atoms with Crippen molar-refractivity contribution in [3.05, 3.63) is 51.2 Å². The van der Waals surface area contributed by atoms with E-state index in [9.17, 15) is 8.42 Å². The largest absolute Gasteiger partial charge is 0.295 e. The number of aryl methyl sites for hydroxylation is 1. The first kappa shape index (κ1) is 19.8. The molecule has 1 atom stereocenters. The van der Waals surface area contributed by atoms with Crippen LogP contribution < -0.4 is 4.72 Å². The average Bonchev–Trinajstić information content (AvgIpc) is 3.00. The molecule has 26 heavy (non-hydrogen) atoms. The van der Waals surface area contributed by atoms with Gasteiger partial charge < -0.3 is 0 Å². The van der Waals surface area contributed by atoms with Crippen LogP contribution in [0, 0.1) is 6.92 Å². The normalized spacial score (nSPS) is 17.8. The molecule has 1 aromatic carbocycles. The van der Waals surface area contributed by atoms with E-state index >= 15 is 0 Å². The number of rotatable bonds is 6. The Balaban J connectivity index is 1.79. The van der Waals surface area contributed by atoms with Gasteiger partial charge in [0.05, 0.1) is 4.90 Å². The van der Waals surface area contributed by atoms with Crippen LogP contribution >= 0.6 is 22.9 Å². The topological polar surface area (TPSA) is 49.4 Å². The van der Waals surface area contributed by atoms with Gasteiger partial charge in [0, 0.05) is 17.6 Å². The predicted octanol–water partition coefficient (Wildman–Crippen LogP) is 4.61. The van der Waals surface area contributed by atoms with Crippen molar-refractivity contribution < 1.29 is 8.42 Å². The van der Waals surface area contributed by atoms with E-state index in [4.69, 9.17) is 11.6 Å². The van der Waals surface area contributed by atoms with Gasteiger partial charge in [-0.1, -0.05) is 30.5 Å². The molecule has 2 heterocycles. The van der Waals surface area contributed by atoms with Crippen LogP contribution in [0.3, 0.4) is 0 Å². The third-order valence-electron chi connectivity index (χ3n) is 4.92. The van der Waals surface area contributed by atoms with Gasteiger partial charge in [-0.3, -0.25) is 4.90 Å². The number of benzene rings is 1. The Kier molecular flexibility index (Phi) is 6.75. The minimum atomic E-state index is -3.61. The number of nitrogens with one attached hydrogen (secondary N) is 1. The highest BCUT2D eigenvalue weighted by molar-refractivity contribution is 7.89. The molecule has 1 aromatic heterocycles. The molecule has 0 spiro atoms. The molecule has 1 aliphatic rings. The summed E-state index contributed by atoms with van der Waals surface area (Å²) in [5.74, 6) is 0. The lowest BCUT2D eigenvalue weighted by Gasteiger charge is -2.30. The summed E-state index contributed by atoms with van der Waals surface area (Å²) in [7, 11) is -3.61. The van der Waals surface area contributed by atoms with Crippen LogP contribution in [0.1, 0.15) is 42.9 Å². The molecule has 1 aliphatic heterocycles. The molecule has 0 bridgehead atoms. The van der Waals surface area contributed by atoms with Crippen LogP contribution in [0.4, 0.5) is 0 Å². The number of likely N-dealkylation sites (tertiary alicyclic amines) is 1. The van der Waals surface area contributed by atoms with Gasteiger partial charge in [-0.25, -0.2) is 13.1 Å². The molecule has 1 saturated heterocycles. The van der Waals surface area contributed by atoms with Gasteiger partial charge >= 0.3 is 0 Å². The van der Waals surface area contributed by atoms with Crippen LogP contribution in [-0.2, 0) is 10.0 Å². The molecule has 1 fully saturated rings. The maximum Gasteiger partial charge on any atom is 0.240 e. The number of hydrogen-bond donors (Lipinski definition) is 1. The van der Waals surface area contributed by atoms with Crippen LogP contribution in [0.25, 0.3) is 0 Å². The van der Waals surface area contributed by atoms with E-state index in [1.807, 2.05) is 0 Å². The lowest BCUT2D eigenvalue weighted by atomic mass is 10.1. The SMILES string of the molecule is Cc1ccc(Cl)cc1S(=O)(=O)NCC(c1ccsc1)N1CCCCCC1. The van der Waals surface area contributed by atoms with Gasteiger partial charge in [0.1, 0.15) is 0 Å². The maximum atomic E-state index is 12.8. The van der Waals surface area contributed by atoms with Crippen LogP contribution in [0.5, 0.6) is 0 Å². The molecule has 7 heteroatoms. The number of halogens is 1. The highest BCUT2D eigenvalue weighted by Gasteiger charge is 2.25. The Bertz CT molecular complexity index is 814. The first-order valence-electron chi connectivity index (χ1n) is 8.99. The quantitative estimate of drug-likeness (QED) is 0.753. The summed E-state index contributed by atoms with van der Waals surface area (Å²) < 4.78 is 28.5. The number of sulfonamides is 1. The molecule has 0 amide bonds. The van der Waals surface area contributed by atoms with Gasteiger partial charge in [-0.05, 0) is 72.9 Å². The second kappa shape index (κ2) is 8.85. The van der Waals surface area contributed by atoms with Crippen molar-refractivity contribution in [1.82, 2.24) is 9.62 Å². The van der Waals surface area contributed by atoms with Gasteiger partial charge in [0.25, 0.3) is 0 Å². The third kappa shape index (κ3) is 4.87. The van der Waals surface area contributed by atoms with E-state index in [0.29, 0.717) is 17.1 Å². The zero-order valence-corrected chi connectivity index (χ0v) is 17.3. The summed E-state index contributed by atoms with van der Waals surface area (Å²) in [5.41, 5.74) is 1.88. The van der Waals surface area contributed by atoms with Crippen molar-refractivity contribution >= 4 is 33.0 Å². The zero-order valence-electron chi connectivity index (χ0n) is 14.9. The molecule has 2 aromatic rings. The molecule has 1 N–H and O–H groups in total. The minimum Gasteiger partial charge on any atom is -0.295 e. The summed E-state index contributed by atoms with van der Waals surface area (Å²) in [6.07, 6.45) is 4.84. The van der Waals surface area contributed by atoms with E-state index < -0.39 is 10.0 Å². The Labute approximate surface area is 165 Å². The summed E-state index contributed by atoms with van der Waals surface area (Å²) in [4.78, 5) is 2.67. The molecule has 0 saturated carbocycles. The lowest BCUT2D eigenvalue weighted by molar-refractivity contribution is 0.206. The maximum absolute atomic E-state index is 12.8. The van der Waals surface area contributed by atoms with Crippen molar-refractivity contribution in [2.45, 2.75) is 43.5 Å². The smallest absolute Gasteiger partial charge is 0.240 e. The number of thiophene rings is 1. The highest BCUT2D eigenvalue weighted by Crippen LogP contribution is 2.27. The van der Waals surface area contributed by atoms with Crippen molar-refractivity contribution in [3.8, 4) is 0 Å². The summed E-state index contributed by atoms with van der Waals surface area (Å²) >= 11 is 7.66. The minimum absolute atomic E-state index is 0.0635. The number of nitrogens with zero attached hydrogens (tertiary/aromatic N) is 1. The Morgan fingerprint density at radius 1 is 1.19 bits per heavy atom. The molecular formula is C19H25ClN2O2S2. The standard InChI is InChI=1S/C19H25ClN2O2S2/c1-15-6-7-17(20)12-19(15)26(23,24)21-13-18(16-8-11-25-14-16)22-9-4-2-3-5-10-22/h6-8,11-12,14,18,21H,2-5,9-10,13H2,1H3. The van der Waals surface area contributed by atoms with E-state index in [1.165, 1.54) is 37.3 Å². The molecule has 1 unspecified atom stereocenters. The van der Waals surface area contributed by atoms with Crippen molar-refractivity contribution in [3.63, 3.8) is 0 Å². The van der Waals surface area contributed by atoms with Crippen molar-refractivity contribution in [1.29, 1.82) is 0 Å². The molecular weight excluding hydrogens is 388 g/mol. The lowest BCUT2D eigenvalue weighted by Crippen LogP contribution is -2.38.